The smallest absolute Gasteiger partial charge is 0.199 e. The van der Waals surface area contributed by atoms with Crippen LogP contribution in [0.1, 0.15) is 11.4 Å². The molecule has 2 aromatic carbocycles. The number of hydrogen-bond donors (Lipinski definition) is 1. The second-order valence-corrected chi connectivity index (χ2v) is 8.02. The van der Waals surface area contributed by atoms with E-state index in [-0.39, 0.29) is 0 Å². The summed E-state index contributed by atoms with van der Waals surface area (Å²) in [5.41, 5.74) is 2.20. The number of aromatic nitrogens is 3. The van der Waals surface area contributed by atoms with Gasteiger partial charge in [0.1, 0.15) is 19.0 Å². The predicted octanol–water partition coefficient (Wildman–Crippen LogP) is 4.90. The van der Waals surface area contributed by atoms with Gasteiger partial charge in [0, 0.05) is 16.3 Å². The van der Waals surface area contributed by atoms with Gasteiger partial charge >= 0.3 is 0 Å². The van der Waals surface area contributed by atoms with Crippen molar-refractivity contribution in [3.63, 3.8) is 0 Å². The molecule has 1 N–H and O–H groups in total. The van der Waals surface area contributed by atoms with Crippen molar-refractivity contribution < 1.29 is 9.47 Å². The number of nitrogens with zero attached hydrogens (tertiary/aromatic N) is 2. The lowest BCUT2D eigenvalue weighted by Crippen LogP contribution is -2.15. The van der Waals surface area contributed by atoms with Crippen molar-refractivity contribution >= 4 is 39.9 Å². The van der Waals surface area contributed by atoms with Gasteiger partial charge in [-0.05, 0) is 42.0 Å². The Kier molecular flexibility index (Phi) is 5.33. The third kappa shape index (κ3) is 3.82. The van der Waals surface area contributed by atoms with E-state index in [0.717, 1.165) is 39.0 Å². The maximum atomic E-state index is 5.68. The average molecular weight is 450 g/mol. The van der Waals surface area contributed by atoms with Crippen LogP contribution in [0, 0.1) is 4.77 Å². The molecule has 0 bridgehead atoms. The molecule has 0 saturated carbocycles. The quantitative estimate of drug-likeness (QED) is 0.561. The molecule has 26 heavy (non-hydrogen) atoms. The van der Waals surface area contributed by atoms with Gasteiger partial charge in [-0.3, -0.25) is 9.67 Å². The third-order valence-electron chi connectivity index (χ3n) is 3.94. The van der Waals surface area contributed by atoms with Crippen LogP contribution >= 0.6 is 39.9 Å². The van der Waals surface area contributed by atoms with Crippen molar-refractivity contribution in [3.05, 3.63) is 63.1 Å². The first-order valence-electron chi connectivity index (χ1n) is 8.09. The Morgan fingerprint density at radius 1 is 1.08 bits per heavy atom. The average Bonchev–Trinajstić information content (AvgIpc) is 3.03. The van der Waals surface area contributed by atoms with Gasteiger partial charge in [0.25, 0.3) is 0 Å². The summed E-state index contributed by atoms with van der Waals surface area (Å²) in [6.07, 6.45) is 0. The number of thioether (sulfide) groups is 1. The molecular weight excluding hydrogens is 434 g/mol. The van der Waals surface area contributed by atoms with Gasteiger partial charge in [-0.15, -0.1) is 11.8 Å². The van der Waals surface area contributed by atoms with E-state index < -0.39 is 0 Å². The van der Waals surface area contributed by atoms with Crippen LogP contribution in [0.15, 0.2) is 46.9 Å². The Hall–Kier alpha value is -1.77. The molecule has 0 unspecified atom stereocenters. The number of H-pyrrole nitrogens is 1. The van der Waals surface area contributed by atoms with E-state index in [9.17, 15) is 0 Å². The van der Waals surface area contributed by atoms with Gasteiger partial charge in [0.05, 0.1) is 11.4 Å². The van der Waals surface area contributed by atoms with Crippen LogP contribution in [0.5, 0.6) is 11.5 Å². The minimum Gasteiger partial charge on any atom is -0.486 e. The number of benzene rings is 2. The Bertz CT molecular complexity index is 969. The Morgan fingerprint density at radius 2 is 1.85 bits per heavy atom. The van der Waals surface area contributed by atoms with Gasteiger partial charge < -0.3 is 9.47 Å². The second kappa shape index (κ2) is 7.85. The van der Waals surface area contributed by atoms with E-state index in [2.05, 4.69) is 50.4 Å². The van der Waals surface area contributed by atoms with Gasteiger partial charge in [0.15, 0.2) is 16.3 Å². The lowest BCUT2D eigenvalue weighted by Gasteiger charge is -2.19. The fourth-order valence-corrected chi connectivity index (χ4v) is 4.13. The molecule has 0 spiro atoms. The molecule has 1 aromatic heterocycles. The molecule has 1 aliphatic rings. The summed E-state index contributed by atoms with van der Waals surface area (Å²) in [5.74, 6) is 4.05. The SMILES string of the molecule is S=c1[nH]nc(CSCc2ccc(Br)cc2)n1-c1ccc2c(c1)OCCO2. The van der Waals surface area contributed by atoms with Gasteiger partial charge in [-0.2, -0.15) is 5.10 Å². The van der Waals surface area contributed by atoms with Crippen LogP contribution in [0.25, 0.3) is 5.69 Å². The maximum absolute atomic E-state index is 5.68. The van der Waals surface area contributed by atoms with Crippen LogP contribution in [0.3, 0.4) is 0 Å². The van der Waals surface area contributed by atoms with Crippen molar-refractivity contribution in [2.45, 2.75) is 11.5 Å². The summed E-state index contributed by atoms with van der Waals surface area (Å²) in [6, 6.07) is 14.2. The molecular formula is C18H16BrN3O2S2. The summed E-state index contributed by atoms with van der Waals surface area (Å²) >= 11 is 10.7. The highest BCUT2D eigenvalue weighted by Gasteiger charge is 2.15. The molecule has 0 fully saturated rings. The number of halogens is 1. The van der Waals surface area contributed by atoms with E-state index in [1.54, 1.807) is 11.8 Å². The summed E-state index contributed by atoms with van der Waals surface area (Å²) < 4.78 is 14.9. The molecule has 2 heterocycles. The van der Waals surface area contributed by atoms with Crippen molar-refractivity contribution in [2.75, 3.05) is 13.2 Å². The highest BCUT2D eigenvalue weighted by molar-refractivity contribution is 9.10. The maximum Gasteiger partial charge on any atom is 0.199 e. The predicted molar refractivity (Wildman–Crippen MR) is 109 cm³/mol. The largest absolute Gasteiger partial charge is 0.486 e. The van der Waals surface area contributed by atoms with Crippen LogP contribution in [0.2, 0.25) is 0 Å². The Morgan fingerprint density at radius 3 is 2.65 bits per heavy atom. The van der Waals surface area contributed by atoms with E-state index in [0.29, 0.717) is 18.0 Å². The van der Waals surface area contributed by atoms with Crippen molar-refractivity contribution in [2.24, 2.45) is 0 Å². The number of rotatable bonds is 5. The highest BCUT2D eigenvalue weighted by Crippen LogP contribution is 2.32. The van der Waals surface area contributed by atoms with E-state index in [4.69, 9.17) is 21.7 Å². The fourth-order valence-electron chi connectivity index (χ4n) is 2.70. The minimum absolute atomic E-state index is 0.559. The standard InChI is InChI=1S/C18H16BrN3O2S2/c19-13-3-1-12(2-4-13)10-26-11-17-20-21-18(25)22(17)14-5-6-15-16(9-14)24-8-7-23-15/h1-6,9H,7-8,10-11H2,(H,21,25). The monoisotopic (exact) mass is 449 g/mol. The first-order valence-corrected chi connectivity index (χ1v) is 10.4. The summed E-state index contributed by atoms with van der Waals surface area (Å²) in [6.45, 7) is 1.14. The summed E-state index contributed by atoms with van der Waals surface area (Å²) in [4.78, 5) is 0. The van der Waals surface area contributed by atoms with Crippen LogP contribution in [-0.2, 0) is 11.5 Å². The van der Waals surface area contributed by atoms with Gasteiger partial charge in [-0.25, -0.2) is 0 Å². The Balaban J connectivity index is 1.52. The number of hydrogen-bond acceptors (Lipinski definition) is 5. The molecule has 0 radical (unpaired) electrons. The topological polar surface area (TPSA) is 52.1 Å². The summed E-state index contributed by atoms with van der Waals surface area (Å²) in [7, 11) is 0. The number of ether oxygens (including phenoxy) is 2. The van der Waals surface area contributed by atoms with E-state index >= 15 is 0 Å². The molecule has 4 rings (SSSR count). The molecule has 0 aliphatic carbocycles. The molecule has 8 heteroatoms. The number of aromatic amines is 1. The molecule has 5 nitrogen and oxygen atoms in total. The number of fused-ring (bicyclic) bond motifs is 1. The zero-order valence-corrected chi connectivity index (χ0v) is 17.0. The molecule has 1 aliphatic heterocycles. The first-order chi connectivity index (χ1) is 12.7. The molecule has 0 saturated heterocycles. The molecule has 0 amide bonds. The lowest BCUT2D eigenvalue weighted by atomic mass is 10.2. The van der Waals surface area contributed by atoms with Crippen LogP contribution in [0.4, 0.5) is 0 Å². The Labute approximate surface area is 168 Å². The van der Waals surface area contributed by atoms with Crippen LogP contribution < -0.4 is 9.47 Å². The molecule has 134 valence electrons. The minimum atomic E-state index is 0.559. The van der Waals surface area contributed by atoms with E-state index in [1.807, 2.05) is 22.8 Å². The van der Waals surface area contributed by atoms with Crippen molar-refractivity contribution in [1.29, 1.82) is 0 Å². The third-order valence-corrected chi connectivity index (χ3v) is 5.74. The molecule has 0 atom stereocenters. The number of nitrogens with one attached hydrogen (secondary N) is 1. The van der Waals surface area contributed by atoms with Gasteiger partial charge in [-0.1, -0.05) is 28.1 Å². The zero-order chi connectivity index (χ0) is 17.9. The van der Waals surface area contributed by atoms with Crippen molar-refractivity contribution in [3.8, 4) is 17.2 Å². The van der Waals surface area contributed by atoms with Crippen molar-refractivity contribution in [1.82, 2.24) is 14.8 Å². The highest BCUT2D eigenvalue weighted by atomic mass is 79.9. The van der Waals surface area contributed by atoms with Crippen LogP contribution in [-0.4, -0.2) is 28.0 Å². The van der Waals surface area contributed by atoms with Gasteiger partial charge in [0.2, 0.25) is 0 Å². The van der Waals surface area contributed by atoms with E-state index in [1.165, 1.54) is 5.56 Å². The first kappa shape index (κ1) is 17.6. The summed E-state index contributed by atoms with van der Waals surface area (Å²) in [5, 5.41) is 7.29. The fraction of sp³-hybridized carbons (Fsp3) is 0.222. The normalized spacial score (nSPS) is 13.0. The zero-order valence-electron chi connectivity index (χ0n) is 13.8. The molecule has 3 aromatic rings. The second-order valence-electron chi connectivity index (χ2n) is 5.73. The lowest BCUT2D eigenvalue weighted by molar-refractivity contribution is 0.171.